The third kappa shape index (κ3) is 4.62. The van der Waals surface area contributed by atoms with E-state index in [1.807, 2.05) is 41.3 Å². The zero-order valence-electron chi connectivity index (χ0n) is 16.4. The standard InChI is InChI=1S/C22H24N4O2S/c1-15(27)23-11-10-18-14-29-21(24-18)17-6-4-12-26(13-17)22(28)20-9-8-16-5-2-3-7-19(16)25-20/h2-3,5,7-9,14,17H,4,6,10-13H2,1H3,(H,23,27)/t17-/m0/s1. The van der Waals surface area contributed by atoms with E-state index in [4.69, 9.17) is 4.98 Å². The number of para-hydroxylation sites is 1. The molecule has 1 atom stereocenters. The van der Waals surface area contributed by atoms with Crippen LogP contribution in [0.15, 0.2) is 41.8 Å². The minimum Gasteiger partial charge on any atom is -0.356 e. The SMILES string of the molecule is CC(=O)NCCc1csc([C@H]2CCCN(C(=O)c3ccc4ccccc4n3)C2)n1. The molecule has 6 nitrogen and oxygen atoms in total. The van der Waals surface area contributed by atoms with E-state index in [1.54, 1.807) is 11.3 Å². The summed E-state index contributed by atoms with van der Waals surface area (Å²) in [6, 6.07) is 11.6. The van der Waals surface area contributed by atoms with E-state index in [0.717, 1.165) is 47.4 Å². The molecule has 3 heterocycles. The highest BCUT2D eigenvalue weighted by atomic mass is 32.1. The Balaban J connectivity index is 1.43. The minimum absolute atomic E-state index is 0.0112. The molecule has 4 rings (SSSR count). The minimum atomic E-state index is -0.0239. The maximum Gasteiger partial charge on any atom is 0.272 e. The first-order chi connectivity index (χ1) is 14.1. The Morgan fingerprint density at radius 3 is 2.93 bits per heavy atom. The summed E-state index contributed by atoms with van der Waals surface area (Å²) in [5.74, 6) is 0.222. The molecule has 0 spiro atoms. The number of nitrogens with one attached hydrogen (secondary N) is 1. The van der Waals surface area contributed by atoms with Crippen molar-refractivity contribution in [3.8, 4) is 0 Å². The molecular weight excluding hydrogens is 384 g/mol. The zero-order valence-corrected chi connectivity index (χ0v) is 17.2. The van der Waals surface area contributed by atoms with Crippen LogP contribution in [0, 0.1) is 0 Å². The van der Waals surface area contributed by atoms with Gasteiger partial charge >= 0.3 is 0 Å². The van der Waals surface area contributed by atoms with E-state index in [2.05, 4.69) is 15.7 Å². The summed E-state index contributed by atoms with van der Waals surface area (Å²) in [6.45, 7) is 3.54. The molecular formula is C22H24N4O2S. The van der Waals surface area contributed by atoms with Crippen LogP contribution in [0.1, 0.15) is 46.9 Å². The number of rotatable bonds is 5. The molecule has 3 aromatic rings. The highest BCUT2D eigenvalue weighted by molar-refractivity contribution is 7.09. The first-order valence-corrected chi connectivity index (χ1v) is 10.8. The van der Waals surface area contributed by atoms with Crippen LogP contribution >= 0.6 is 11.3 Å². The molecule has 150 valence electrons. The van der Waals surface area contributed by atoms with E-state index >= 15 is 0 Å². The maximum atomic E-state index is 13.0. The van der Waals surface area contributed by atoms with Gasteiger partial charge in [-0.25, -0.2) is 9.97 Å². The van der Waals surface area contributed by atoms with E-state index in [1.165, 1.54) is 6.92 Å². The van der Waals surface area contributed by atoms with Crippen molar-refractivity contribution in [1.29, 1.82) is 0 Å². The number of carbonyl (C=O) groups is 2. The lowest BCUT2D eigenvalue weighted by Crippen LogP contribution is -2.39. The largest absolute Gasteiger partial charge is 0.356 e. The Hall–Kier alpha value is -2.80. The van der Waals surface area contributed by atoms with Gasteiger partial charge in [0.1, 0.15) is 5.69 Å². The van der Waals surface area contributed by atoms with Crippen molar-refractivity contribution in [2.24, 2.45) is 0 Å². The van der Waals surface area contributed by atoms with Crippen molar-refractivity contribution in [2.45, 2.75) is 32.1 Å². The molecule has 1 aliphatic heterocycles. The smallest absolute Gasteiger partial charge is 0.272 e. The quantitative estimate of drug-likeness (QED) is 0.702. The number of aromatic nitrogens is 2. The second kappa shape index (κ2) is 8.69. The lowest BCUT2D eigenvalue weighted by Gasteiger charge is -2.31. The summed E-state index contributed by atoms with van der Waals surface area (Å²) >= 11 is 1.65. The third-order valence-corrected chi connectivity index (χ3v) is 6.26. The molecule has 0 unspecified atom stereocenters. The number of amides is 2. The number of nitrogens with zero attached hydrogens (tertiary/aromatic N) is 3. The topological polar surface area (TPSA) is 75.2 Å². The fourth-order valence-corrected chi connectivity index (χ4v) is 4.68. The normalized spacial score (nSPS) is 16.7. The molecule has 2 amide bonds. The number of likely N-dealkylation sites (tertiary alicyclic amines) is 1. The van der Waals surface area contributed by atoms with Gasteiger partial charge in [0.25, 0.3) is 5.91 Å². The summed E-state index contributed by atoms with van der Waals surface area (Å²) in [5.41, 5.74) is 2.34. The van der Waals surface area contributed by atoms with Crippen LogP contribution in [0.5, 0.6) is 0 Å². The second-order valence-corrected chi connectivity index (χ2v) is 8.28. The van der Waals surface area contributed by atoms with Gasteiger partial charge in [0.05, 0.1) is 16.2 Å². The lowest BCUT2D eigenvalue weighted by molar-refractivity contribution is -0.118. The number of thiazole rings is 1. The van der Waals surface area contributed by atoms with Gasteiger partial charge in [-0.2, -0.15) is 0 Å². The number of benzene rings is 1. The van der Waals surface area contributed by atoms with Crippen molar-refractivity contribution in [3.05, 3.63) is 58.2 Å². The van der Waals surface area contributed by atoms with Crippen LogP contribution in [0.3, 0.4) is 0 Å². The lowest BCUT2D eigenvalue weighted by atomic mass is 9.98. The molecule has 29 heavy (non-hydrogen) atoms. The van der Waals surface area contributed by atoms with Gasteiger partial charge in [0, 0.05) is 49.7 Å². The van der Waals surface area contributed by atoms with Gasteiger partial charge < -0.3 is 10.2 Å². The predicted octanol–water partition coefficient (Wildman–Crippen LogP) is 3.39. The predicted molar refractivity (Wildman–Crippen MR) is 114 cm³/mol. The Kier molecular flexibility index (Phi) is 5.85. The number of piperidine rings is 1. The average molecular weight is 409 g/mol. The van der Waals surface area contributed by atoms with Gasteiger partial charge in [-0.1, -0.05) is 24.3 Å². The molecule has 1 aromatic carbocycles. The molecule has 1 aliphatic rings. The number of hydrogen-bond acceptors (Lipinski definition) is 5. The third-order valence-electron chi connectivity index (χ3n) is 5.20. The van der Waals surface area contributed by atoms with Crippen molar-refractivity contribution in [2.75, 3.05) is 19.6 Å². The van der Waals surface area contributed by atoms with Crippen LogP contribution < -0.4 is 5.32 Å². The maximum absolute atomic E-state index is 13.0. The Bertz CT molecular complexity index is 1030. The van der Waals surface area contributed by atoms with E-state index in [9.17, 15) is 9.59 Å². The van der Waals surface area contributed by atoms with Gasteiger partial charge in [-0.05, 0) is 25.0 Å². The summed E-state index contributed by atoms with van der Waals surface area (Å²) in [5, 5.41) is 6.97. The molecule has 0 radical (unpaired) electrons. The average Bonchev–Trinajstić information content (AvgIpc) is 3.21. The number of pyridine rings is 1. The highest BCUT2D eigenvalue weighted by Gasteiger charge is 2.28. The second-order valence-electron chi connectivity index (χ2n) is 7.39. The monoisotopic (exact) mass is 408 g/mol. The summed E-state index contributed by atoms with van der Waals surface area (Å²) in [4.78, 5) is 35.3. The Morgan fingerprint density at radius 1 is 1.21 bits per heavy atom. The first-order valence-electron chi connectivity index (χ1n) is 9.94. The Morgan fingerprint density at radius 2 is 2.07 bits per heavy atom. The van der Waals surface area contributed by atoms with Crippen molar-refractivity contribution < 1.29 is 9.59 Å². The molecule has 0 bridgehead atoms. The van der Waals surface area contributed by atoms with Crippen molar-refractivity contribution in [3.63, 3.8) is 0 Å². The highest BCUT2D eigenvalue weighted by Crippen LogP contribution is 2.30. The van der Waals surface area contributed by atoms with E-state index in [-0.39, 0.29) is 17.7 Å². The first kappa shape index (κ1) is 19.5. The van der Waals surface area contributed by atoms with Gasteiger partial charge in [-0.15, -0.1) is 11.3 Å². The number of hydrogen-bond donors (Lipinski definition) is 1. The molecule has 2 aromatic heterocycles. The fourth-order valence-electron chi connectivity index (χ4n) is 3.70. The van der Waals surface area contributed by atoms with Crippen LogP contribution in [0.25, 0.3) is 10.9 Å². The molecule has 1 saturated heterocycles. The molecule has 0 saturated carbocycles. The summed E-state index contributed by atoms with van der Waals surface area (Å²) < 4.78 is 0. The van der Waals surface area contributed by atoms with Gasteiger partial charge in [0.15, 0.2) is 0 Å². The zero-order chi connectivity index (χ0) is 20.2. The Labute approximate surface area is 174 Å². The number of carbonyl (C=O) groups excluding carboxylic acids is 2. The molecule has 1 fully saturated rings. The fraction of sp³-hybridized carbons (Fsp3) is 0.364. The van der Waals surface area contributed by atoms with Crippen molar-refractivity contribution in [1.82, 2.24) is 20.2 Å². The van der Waals surface area contributed by atoms with Gasteiger partial charge in [0.2, 0.25) is 5.91 Å². The molecule has 1 N–H and O–H groups in total. The van der Waals surface area contributed by atoms with Crippen molar-refractivity contribution >= 4 is 34.1 Å². The van der Waals surface area contributed by atoms with E-state index in [0.29, 0.717) is 18.8 Å². The summed E-state index contributed by atoms with van der Waals surface area (Å²) in [6.07, 6.45) is 2.73. The van der Waals surface area contributed by atoms with Crippen LogP contribution in [-0.4, -0.2) is 46.3 Å². The van der Waals surface area contributed by atoms with Crippen LogP contribution in [0.4, 0.5) is 0 Å². The van der Waals surface area contributed by atoms with E-state index < -0.39 is 0 Å². The van der Waals surface area contributed by atoms with Crippen LogP contribution in [0.2, 0.25) is 0 Å². The molecule has 7 heteroatoms. The summed E-state index contributed by atoms with van der Waals surface area (Å²) in [7, 11) is 0. The van der Waals surface area contributed by atoms with Gasteiger partial charge in [-0.3, -0.25) is 9.59 Å². The van der Waals surface area contributed by atoms with Crippen LogP contribution in [-0.2, 0) is 11.2 Å². The molecule has 0 aliphatic carbocycles. The number of fused-ring (bicyclic) bond motifs is 1.